The molecule has 0 saturated heterocycles. The fourth-order valence-corrected chi connectivity index (χ4v) is 1.25. The summed E-state index contributed by atoms with van der Waals surface area (Å²) in [7, 11) is 0. The zero-order valence-corrected chi connectivity index (χ0v) is 10.2. The molecule has 14 heavy (non-hydrogen) atoms. The minimum atomic E-state index is -0.142. The Morgan fingerprint density at radius 2 is 1.57 bits per heavy atom. The third-order valence-electron chi connectivity index (χ3n) is 1.76. The lowest BCUT2D eigenvalue weighted by Crippen LogP contribution is -2.48. The van der Waals surface area contributed by atoms with Crippen LogP contribution in [0.3, 0.4) is 0 Å². The van der Waals surface area contributed by atoms with E-state index in [0.717, 1.165) is 25.9 Å². The van der Waals surface area contributed by atoms with Gasteiger partial charge in [-0.05, 0) is 33.6 Å². The van der Waals surface area contributed by atoms with Crippen LogP contribution in [0, 0.1) is 0 Å². The van der Waals surface area contributed by atoms with Gasteiger partial charge in [-0.2, -0.15) is 0 Å². The highest BCUT2D eigenvalue weighted by Crippen LogP contribution is 2.02. The molecule has 84 valence electrons. The highest BCUT2D eigenvalue weighted by molar-refractivity contribution is 5.74. The maximum absolute atomic E-state index is 11.8. The van der Waals surface area contributed by atoms with E-state index in [-0.39, 0.29) is 11.6 Å². The SMILES string of the molecule is CCCN(CCC)C(=O)NC(C)(C)C. The first-order valence-corrected chi connectivity index (χ1v) is 5.47. The molecule has 0 atom stereocenters. The number of hydrogen-bond donors (Lipinski definition) is 1. The Bertz CT molecular complexity index is 167. The molecular formula is C11H24N2O. The summed E-state index contributed by atoms with van der Waals surface area (Å²) >= 11 is 0. The van der Waals surface area contributed by atoms with E-state index in [1.807, 2.05) is 25.7 Å². The molecule has 0 radical (unpaired) electrons. The van der Waals surface area contributed by atoms with Crippen molar-refractivity contribution in [2.75, 3.05) is 13.1 Å². The first kappa shape index (κ1) is 13.3. The van der Waals surface area contributed by atoms with Gasteiger partial charge in [0.25, 0.3) is 0 Å². The van der Waals surface area contributed by atoms with E-state index in [1.165, 1.54) is 0 Å². The van der Waals surface area contributed by atoms with Crippen molar-refractivity contribution in [3.63, 3.8) is 0 Å². The van der Waals surface area contributed by atoms with Crippen LogP contribution in [0.15, 0.2) is 0 Å². The van der Waals surface area contributed by atoms with E-state index in [4.69, 9.17) is 0 Å². The van der Waals surface area contributed by atoms with Crippen molar-refractivity contribution >= 4 is 6.03 Å². The van der Waals surface area contributed by atoms with Gasteiger partial charge in [-0.15, -0.1) is 0 Å². The van der Waals surface area contributed by atoms with E-state index >= 15 is 0 Å². The van der Waals surface area contributed by atoms with E-state index in [9.17, 15) is 4.79 Å². The fourth-order valence-electron chi connectivity index (χ4n) is 1.25. The van der Waals surface area contributed by atoms with Crippen molar-refractivity contribution in [1.29, 1.82) is 0 Å². The highest BCUT2D eigenvalue weighted by atomic mass is 16.2. The molecule has 0 aromatic rings. The smallest absolute Gasteiger partial charge is 0.317 e. The lowest BCUT2D eigenvalue weighted by Gasteiger charge is -2.28. The molecule has 0 aromatic heterocycles. The predicted octanol–water partition coefficient (Wildman–Crippen LogP) is 2.62. The summed E-state index contributed by atoms with van der Waals surface area (Å²) in [6, 6.07) is 0.0567. The van der Waals surface area contributed by atoms with Gasteiger partial charge in [0.05, 0.1) is 0 Å². The van der Waals surface area contributed by atoms with Crippen molar-refractivity contribution in [3.8, 4) is 0 Å². The number of carbonyl (C=O) groups excluding carboxylic acids is 1. The minimum absolute atomic E-state index is 0.0567. The molecule has 0 spiro atoms. The molecule has 0 rings (SSSR count). The molecule has 3 nitrogen and oxygen atoms in total. The molecule has 0 aliphatic heterocycles. The summed E-state index contributed by atoms with van der Waals surface area (Å²) in [6.45, 7) is 11.9. The monoisotopic (exact) mass is 200 g/mol. The van der Waals surface area contributed by atoms with E-state index in [2.05, 4.69) is 19.2 Å². The molecule has 0 bridgehead atoms. The summed E-state index contributed by atoms with van der Waals surface area (Å²) in [5.74, 6) is 0. The largest absolute Gasteiger partial charge is 0.333 e. The van der Waals surface area contributed by atoms with E-state index < -0.39 is 0 Å². The Balaban J connectivity index is 4.14. The van der Waals surface area contributed by atoms with Crippen LogP contribution in [0.5, 0.6) is 0 Å². The maximum Gasteiger partial charge on any atom is 0.317 e. The Morgan fingerprint density at radius 1 is 1.14 bits per heavy atom. The Hall–Kier alpha value is -0.730. The standard InChI is InChI=1S/C11H24N2O/c1-6-8-13(9-7-2)10(14)12-11(3,4)5/h6-9H2,1-5H3,(H,12,14). The second-order valence-corrected chi connectivity index (χ2v) is 4.67. The summed E-state index contributed by atoms with van der Waals surface area (Å²) in [4.78, 5) is 13.6. The van der Waals surface area contributed by atoms with E-state index in [1.54, 1.807) is 0 Å². The van der Waals surface area contributed by atoms with Crippen LogP contribution in [0.1, 0.15) is 47.5 Å². The summed E-state index contributed by atoms with van der Waals surface area (Å²) in [5.41, 5.74) is -0.142. The molecule has 0 aliphatic rings. The van der Waals surface area contributed by atoms with Crippen molar-refractivity contribution in [3.05, 3.63) is 0 Å². The molecule has 0 aromatic carbocycles. The van der Waals surface area contributed by atoms with Crippen molar-refractivity contribution in [2.45, 2.75) is 53.0 Å². The lowest BCUT2D eigenvalue weighted by molar-refractivity contribution is 0.188. The number of rotatable bonds is 4. The van der Waals surface area contributed by atoms with Gasteiger partial charge in [-0.3, -0.25) is 0 Å². The van der Waals surface area contributed by atoms with Gasteiger partial charge in [-0.25, -0.2) is 4.79 Å². The number of urea groups is 1. The number of carbonyl (C=O) groups is 1. The molecule has 2 amide bonds. The summed E-state index contributed by atoms with van der Waals surface area (Å²) < 4.78 is 0. The third kappa shape index (κ3) is 5.84. The number of hydrogen-bond acceptors (Lipinski definition) is 1. The molecule has 0 heterocycles. The van der Waals surface area contributed by atoms with Crippen molar-refractivity contribution in [1.82, 2.24) is 10.2 Å². The summed E-state index contributed by atoms with van der Waals surface area (Å²) in [5, 5.41) is 2.98. The van der Waals surface area contributed by atoms with Crippen LogP contribution in [-0.4, -0.2) is 29.6 Å². The zero-order chi connectivity index (χ0) is 11.2. The van der Waals surface area contributed by atoms with Gasteiger partial charge in [0.2, 0.25) is 0 Å². The average molecular weight is 200 g/mol. The second kappa shape index (κ2) is 5.89. The van der Waals surface area contributed by atoms with Crippen LogP contribution in [-0.2, 0) is 0 Å². The number of nitrogens with one attached hydrogen (secondary N) is 1. The van der Waals surface area contributed by atoms with Crippen LogP contribution >= 0.6 is 0 Å². The first-order chi connectivity index (χ1) is 6.40. The molecule has 1 N–H and O–H groups in total. The number of amides is 2. The first-order valence-electron chi connectivity index (χ1n) is 5.47. The molecular weight excluding hydrogens is 176 g/mol. The van der Waals surface area contributed by atoms with Crippen molar-refractivity contribution in [2.24, 2.45) is 0 Å². The maximum atomic E-state index is 11.8. The Morgan fingerprint density at radius 3 is 1.86 bits per heavy atom. The van der Waals surface area contributed by atoms with Gasteiger partial charge in [0, 0.05) is 18.6 Å². The van der Waals surface area contributed by atoms with Gasteiger partial charge in [0.1, 0.15) is 0 Å². The number of nitrogens with zero attached hydrogens (tertiary/aromatic N) is 1. The van der Waals surface area contributed by atoms with Gasteiger partial charge in [-0.1, -0.05) is 13.8 Å². The second-order valence-electron chi connectivity index (χ2n) is 4.67. The van der Waals surface area contributed by atoms with Crippen LogP contribution < -0.4 is 5.32 Å². The van der Waals surface area contributed by atoms with Crippen LogP contribution in [0.4, 0.5) is 4.79 Å². The fraction of sp³-hybridized carbons (Fsp3) is 0.909. The normalized spacial score (nSPS) is 11.2. The van der Waals surface area contributed by atoms with Gasteiger partial charge in [0.15, 0.2) is 0 Å². The lowest BCUT2D eigenvalue weighted by atomic mass is 10.1. The molecule has 0 saturated carbocycles. The topological polar surface area (TPSA) is 32.3 Å². The van der Waals surface area contributed by atoms with Crippen LogP contribution in [0.2, 0.25) is 0 Å². The quantitative estimate of drug-likeness (QED) is 0.743. The molecule has 3 heteroatoms. The van der Waals surface area contributed by atoms with Crippen molar-refractivity contribution < 1.29 is 4.79 Å². The molecule has 0 aliphatic carbocycles. The Kier molecular flexibility index (Phi) is 5.58. The average Bonchev–Trinajstić information content (AvgIpc) is 2.01. The predicted molar refractivity (Wildman–Crippen MR) is 60.4 cm³/mol. The zero-order valence-electron chi connectivity index (χ0n) is 10.2. The van der Waals surface area contributed by atoms with Crippen LogP contribution in [0.25, 0.3) is 0 Å². The third-order valence-corrected chi connectivity index (χ3v) is 1.76. The summed E-state index contributed by atoms with van der Waals surface area (Å²) in [6.07, 6.45) is 2.02. The Labute approximate surface area is 87.9 Å². The molecule has 0 fully saturated rings. The highest BCUT2D eigenvalue weighted by Gasteiger charge is 2.17. The van der Waals surface area contributed by atoms with E-state index in [0.29, 0.717) is 0 Å². The van der Waals surface area contributed by atoms with Gasteiger partial charge < -0.3 is 10.2 Å². The minimum Gasteiger partial charge on any atom is -0.333 e. The van der Waals surface area contributed by atoms with Gasteiger partial charge >= 0.3 is 6.03 Å². The molecule has 0 unspecified atom stereocenters.